The number of furan rings is 1. The van der Waals surface area contributed by atoms with Crippen LogP contribution in [0.2, 0.25) is 0 Å². The molecule has 0 bridgehead atoms. The lowest BCUT2D eigenvalue weighted by Gasteiger charge is -2.05. The van der Waals surface area contributed by atoms with Crippen LogP contribution in [0.5, 0.6) is 11.8 Å². The summed E-state index contributed by atoms with van der Waals surface area (Å²) in [6, 6.07) is 9.19. The monoisotopic (exact) mass is 312 g/mol. The van der Waals surface area contributed by atoms with E-state index in [1.165, 1.54) is 22.9 Å². The molecule has 0 fully saturated rings. The Hall–Kier alpha value is -3.49. The Kier molecular flexibility index (Phi) is 2.90. The van der Waals surface area contributed by atoms with E-state index in [0.717, 1.165) is 0 Å². The number of para-hydroxylation sites is 1. The molecule has 1 aromatic carbocycles. The van der Waals surface area contributed by atoms with Crippen LogP contribution in [-0.4, -0.2) is 24.6 Å². The zero-order chi connectivity index (χ0) is 15.8. The maximum Gasteiger partial charge on any atom is 0.328 e. The van der Waals surface area contributed by atoms with Crippen LogP contribution in [0.1, 0.15) is 0 Å². The third-order valence-corrected chi connectivity index (χ3v) is 2.99. The number of ether oxygens (including phenoxy) is 1. The van der Waals surface area contributed by atoms with Crippen LogP contribution >= 0.6 is 0 Å². The van der Waals surface area contributed by atoms with Gasteiger partial charge in [0, 0.05) is 0 Å². The van der Waals surface area contributed by atoms with Crippen LogP contribution in [0, 0.1) is 5.82 Å². The minimum atomic E-state index is -0.535. The number of nitrogen functional groups attached to an aromatic ring is 1. The molecule has 0 saturated heterocycles. The molecule has 0 aliphatic rings. The molecule has 0 aliphatic carbocycles. The van der Waals surface area contributed by atoms with Gasteiger partial charge in [0.2, 0.25) is 11.8 Å². The molecule has 2 N–H and O–H groups in total. The summed E-state index contributed by atoms with van der Waals surface area (Å²) in [5.74, 6) is 0.390. The van der Waals surface area contributed by atoms with E-state index in [-0.39, 0.29) is 23.5 Å². The predicted molar refractivity (Wildman–Crippen MR) is 77.2 cm³/mol. The van der Waals surface area contributed by atoms with E-state index in [2.05, 4.69) is 20.1 Å². The van der Waals surface area contributed by atoms with E-state index < -0.39 is 5.82 Å². The van der Waals surface area contributed by atoms with Crippen molar-refractivity contribution in [2.45, 2.75) is 0 Å². The smallest absolute Gasteiger partial charge is 0.328 e. The second-order valence-electron chi connectivity index (χ2n) is 4.52. The molecule has 23 heavy (non-hydrogen) atoms. The number of nitrogens with two attached hydrogens (primary N) is 1. The SMILES string of the molecule is Nc1nc(Oc2ccccc2F)nc2nc(-c3ccco3)nn12. The van der Waals surface area contributed by atoms with Crippen molar-refractivity contribution >= 4 is 11.7 Å². The first-order valence-corrected chi connectivity index (χ1v) is 6.57. The van der Waals surface area contributed by atoms with Gasteiger partial charge in [0.05, 0.1) is 6.26 Å². The van der Waals surface area contributed by atoms with Crippen molar-refractivity contribution < 1.29 is 13.5 Å². The van der Waals surface area contributed by atoms with Gasteiger partial charge in [-0.2, -0.15) is 19.5 Å². The third kappa shape index (κ3) is 2.33. The first-order valence-electron chi connectivity index (χ1n) is 6.57. The van der Waals surface area contributed by atoms with Gasteiger partial charge >= 0.3 is 6.01 Å². The van der Waals surface area contributed by atoms with E-state index in [1.807, 2.05) is 0 Å². The lowest BCUT2D eigenvalue weighted by molar-refractivity contribution is 0.411. The molecule has 0 saturated carbocycles. The van der Waals surface area contributed by atoms with Crippen LogP contribution in [0.15, 0.2) is 47.1 Å². The highest BCUT2D eigenvalue weighted by Crippen LogP contribution is 2.23. The van der Waals surface area contributed by atoms with Gasteiger partial charge in [0.25, 0.3) is 5.78 Å². The van der Waals surface area contributed by atoms with Gasteiger partial charge < -0.3 is 14.9 Å². The number of anilines is 1. The zero-order valence-corrected chi connectivity index (χ0v) is 11.5. The molecule has 8 nitrogen and oxygen atoms in total. The average Bonchev–Trinajstić information content (AvgIpc) is 3.18. The van der Waals surface area contributed by atoms with Crippen molar-refractivity contribution in [3.05, 3.63) is 48.5 Å². The van der Waals surface area contributed by atoms with Crippen molar-refractivity contribution in [3.8, 4) is 23.3 Å². The number of hydrogen-bond acceptors (Lipinski definition) is 7. The first kappa shape index (κ1) is 13.2. The summed E-state index contributed by atoms with van der Waals surface area (Å²) in [6.45, 7) is 0. The van der Waals surface area contributed by atoms with Gasteiger partial charge in [-0.05, 0) is 24.3 Å². The first-order chi connectivity index (χ1) is 11.2. The predicted octanol–water partition coefficient (Wildman–Crippen LogP) is 2.29. The van der Waals surface area contributed by atoms with Crippen LogP contribution in [-0.2, 0) is 0 Å². The summed E-state index contributed by atoms with van der Waals surface area (Å²) >= 11 is 0. The Bertz CT molecular complexity index is 982. The Morgan fingerprint density at radius 3 is 2.74 bits per heavy atom. The van der Waals surface area contributed by atoms with Crippen LogP contribution in [0.25, 0.3) is 17.4 Å². The highest BCUT2D eigenvalue weighted by atomic mass is 19.1. The second kappa shape index (κ2) is 5.05. The van der Waals surface area contributed by atoms with E-state index in [0.29, 0.717) is 11.6 Å². The van der Waals surface area contributed by atoms with Crippen LogP contribution in [0.3, 0.4) is 0 Å². The third-order valence-electron chi connectivity index (χ3n) is 2.99. The van der Waals surface area contributed by atoms with Gasteiger partial charge in [0.1, 0.15) is 0 Å². The molecule has 0 amide bonds. The maximum atomic E-state index is 13.6. The lowest BCUT2D eigenvalue weighted by Crippen LogP contribution is -2.05. The molecule has 0 radical (unpaired) electrons. The molecule has 0 aliphatic heterocycles. The van der Waals surface area contributed by atoms with Gasteiger partial charge in [-0.3, -0.25) is 0 Å². The van der Waals surface area contributed by atoms with Gasteiger partial charge in [-0.15, -0.1) is 5.10 Å². The zero-order valence-electron chi connectivity index (χ0n) is 11.5. The second-order valence-corrected chi connectivity index (χ2v) is 4.52. The molecule has 4 aromatic rings. The number of fused-ring (bicyclic) bond motifs is 1. The number of hydrogen-bond donors (Lipinski definition) is 1. The molecule has 0 atom stereocenters. The summed E-state index contributed by atoms with van der Waals surface area (Å²) in [5.41, 5.74) is 5.82. The molecular weight excluding hydrogens is 303 g/mol. The van der Waals surface area contributed by atoms with Crippen molar-refractivity contribution in [1.82, 2.24) is 24.6 Å². The molecule has 0 spiro atoms. The highest BCUT2D eigenvalue weighted by Gasteiger charge is 2.15. The van der Waals surface area contributed by atoms with Crippen molar-refractivity contribution in [1.29, 1.82) is 0 Å². The van der Waals surface area contributed by atoms with Gasteiger partial charge in [-0.25, -0.2) is 4.39 Å². The summed E-state index contributed by atoms with van der Waals surface area (Å²) in [5, 5.41) is 4.15. The van der Waals surface area contributed by atoms with E-state index in [4.69, 9.17) is 14.9 Å². The van der Waals surface area contributed by atoms with Crippen LogP contribution in [0.4, 0.5) is 10.3 Å². The largest absolute Gasteiger partial charge is 0.461 e. The molecule has 3 aromatic heterocycles. The topological polar surface area (TPSA) is 104 Å². The minimum absolute atomic E-state index is 0.00615. The molecule has 114 valence electrons. The molecule has 9 heteroatoms. The Labute approximate surface area is 128 Å². The van der Waals surface area contributed by atoms with Crippen LogP contribution < -0.4 is 10.5 Å². The van der Waals surface area contributed by atoms with Crippen molar-refractivity contribution in [2.75, 3.05) is 5.73 Å². The Morgan fingerprint density at radius 1 is 1.09 bits per heavy atom. The molecular formula is C14H9FN6O2. The highest BCUT2D eigenvalue weighted by molar-refractivity contribution is 5.51. The Balaban J connectivity index is 1.76. The summed E-state index contributed by atoms with van der Waals surface area (Å²) < 4.78 is 25.4. The molecule has 3 heterocycles. The maximum absolute atomic E-state index is 13.6. The fraction of sp³-hybridized carbons (Fsp3) is 0. The summed E-state index contributed by atoms with van der Waals surface area (Å²) in [6.07, 6.45) is 1.50. The number of benzene rings is 1. The van der Waals surface area contributed by atoms with E-state index >= 15 is 0 Å². The quantitative estimate of drug-likeness (QED) is 0.618. The molecule has 4 rings (SSSR count). The number of halogens is 1. The van der Waals surface area contributed by atoms with Crippen molar-refractivity contribution in [2.24, 2.45) is 0 Å². The van der Waals surface area contributed by atoms with Gasteiger partial charge in [-0.1, -0.05) is 12.1 Å². The van der Waals surface area contributed by atoms with E-state index in [1.54, 1.807) is 24.3 Å². The fourth-order valence-electron chi connectivity index (χ4n) is 1.97. The standard InChI is InChI=1S/C14H9FN6O2/c15-8-4-1-2-5-9(8)23-14-18-12(16)21-13(19-14)17-11(20-21)10-6-3-7-22-10/h1-7H,(H2,16,17,18,19,20). The number of nitrogens with zero attached hydrogens (tertiary/aromatic N) is 5. The molecule has 0 unspecified atom stereocenters. The average molecular weight is 312 g/mol. The summed E-state index contributed by atoms with van der Waals surface area (Å²) in [7, 11) is 0. The lowest BCUT2D eigenvalue weighted by atomic mass is 10.3. The van der Waals surface area contributed by atoms with Crippen molar-refractivity contribution in [3.63, 3.8) is 0 Å². The minimum Gasteiger partial charge on any atom is -0.461 e. The van der Waals surface area contributed by atoms with E-state index in [9.17, 15) is 4.39 Å². The summed E-state index contributed by atoms with van der Waals surface area (Å²) in [4.78, 5) is 12.2. The van der Waals surface area contributed by atoms with Gasteiger partial charge in [0.15, 0.2) is 17.3 Å². The normalized spacial score (nSPS) is 11.0. The number of aromatic nitrogens is 5. The Morgan fingerprint density at radius 2 is 1.96 bits per heavy atom. The number of rotatable bonds is 3. The fourth-order valence-corrected chi connectivity index (χ4v) is 1.97.